The van der Waals surface area contributed by atoms with E-state index in [1.165, 1.54) is 13.5 Å². The molecule has 0 saturated carbocycles. The number of anilines is 1. The van der Waals surface area contributed by atoms with Crippen molar-refractivity contribution in [2.75, 3.05) is 25.2 Å². The van der Waals surface area contributed by atoms with Gasteiger partial charge >= 0.3 is 5.97 Å². The van der Waals surface area contributed by atoms with Crippen LogP contribution in [0, 0.1) is 0 Å². The molecule has 0 aliphatic carbocycles. The second kappa shape index (κ2) is 11.4. The second-order valence-corrected chi connectivity index (χ2v) is 7.62. The molecule has 1 unspecified atom stereocenters. The van der Waals surface area contributed by atoms with Crippen LogP contribution in [0.25, 0.3) is 0 Å². The molecular weight excluding hydrogens is 394 g/mol. The first-order valence-corrected chi connectivity index (χ1v) is 11.0. The van der Waals surface area contributed by atoms with Crippen LogP contribution in [-0.4, -0.2) is 38.2 Å². The van der Waals surface area contributed by atoms with Gasteiger partial charge in [-0.1, -0.05) is 56.5 Å². The summed E-state index contributed by atoms with van der Waals surface area (Å²) < 4.78 is 16.7. The number of fused-ring (bicyclic) bond motifs is 1. The highest BCUT2D eigenvalue weighted by Crippen LogP contribution is 2.34. The van der Waals surface area contributed by atoms with E-state index in [1.54, 1.807) is 0 Å². The van der Waals surface area contributed by atoms with E-state index in [1.807, 2.05) is 53.4 Å². The Morgan fingerprint density at radius 1 is 1.06 bits per heavy atom. The van der Waals surface area contributed by atoms with Crippen LogP contribution >= 0.6 is 0 Å². The Labute approximate surface area is 184 Å². The van der Waals surface area contributed by atoms with Crippen LogP contribution in [0.3, 0.4) is 0 Å². The molecule has 6 heteroatoms. The maximum atomic E-state index is 13.1. The molecule has 1 atom stereocenters. The summed E-state index contributed by atoms with van der Waals surface area (Å²) in [6.07, 6.45) is 4.38. The molecule has 0 aromatic heterocycles. The highest BCUT2D eigenvalue weighted by molar-refractivity contribution is 6.00. The van der Waals surface area contributed by atoms with Crippen molar-refractivity contribution in [3.05, 3.63) is 54.1 Å². The highest BCUT2D eigenvalue weighted by atomic mass is 16.5. The van der Waals surface area contributed by atoms with Crippen molar-refractivity contribution >= 4 is 17.6 Å². The minimum Gasteiger partial charge on any atom is -0.493 e. The summed E-state index contributed by atoms with van der Waals surface area (Å²) in [6, 6.07) is 15.0. The number of carbonyl (C=O) groups is 2. The molecule has 0 radical (unpaired) electrons. The Balaban J connectivity index is 1.63. The minimum atomic E-state index is -0.589. The number of para-hydroxylation sites is 3. The predicted molar refractivity (Wildman–Crippen MR) is 120 cm³/mol. The lowest BCUT2D eigenvalue weighted by Crippen LogP contribution is -2.47. The van der Waals surface area contributed by atoms with Crippen LogP contribution in [0.2, 0.25) is 0 Å². The number of carbonyl (C=O) groups excluding carboxylic acids is 2. The van der Waals surface area contributed by atoms with E-state index >= 15 is 0 Å². The normalized spacial score (nSPS) is 15.2. The average molecular weight is 426 g/mol. The number of rotatable bonds is 11. The summed E-state index contributed by atoms with van der Waals surface area (Å²) in [5.74, 6) is 1.00. The number of hydrogen-bond acceptors (Lipinski definition) is 5. The lowest BCUT2D eigenvalue weighted by Gasteiger charge is -2.34. The van der Waals surface area contributed by atoms with Gasteiger partial charge in [0.15, 0.2) is 6.10 Å². The van der Waals surface area contributed by atoms with Gasteiger partial charge in [-0.25, -0.2) is 0 Å². The third-order valence-electron chi connectivity index (χ3n) is 5.37. The Bertz CT molecular complexity index is 882. The molecule has 6 nitrogen and oxygen atoms in total. The lowest BCUT2D eigenvalue weighted by molar-refractivity contribution is -0.139. The van der Waals surface area contributed by atoms with Gasteiger partial charge in [-0.3, -0.25) is 9.59 Å². The standard InChI is InChI=1S/C25H31NO5/c1-3-4-5-10-16-26-20-12-7-9-14-22(20)31-23(25(26)28)15-17-30-21-13-8-6-11-19(21)18-24(27)29-2/h6-9,11-14,23H,3-5,10,15-18H2,1-2H3. The van der Waals surface area contributed by atoms with Crippen molar-refractivity contribution in [1.29, 1.82) is 0 Å². The molecule has 166 valence electrons. The van der Waals surface area contributed by atoms with Crippen molar-refractivity contribution in [2.24, 2.45) is 0 Å². The third-order valence-corrected chi connectivity index (χ3v) is 5.37. The number of benzene rings is 2. The number of methoxy groups -OCH3 is 1. The van der Waals surface area contributed by atoms with Crippen LogP contribution in [0.1, 0.15) is 44.6 Å². The molecular formula is C25H31NO5. The van der Waals surface area contributed by atoms with Gasteiger partial charge in [-0.15, -0.1) is 0 Å². The largest absolute Gasteiger partial charge is 0.493 e. The van der Waals surface area contributed by atoms with Gasteiger partial charge in [-0.05, 0) is 24.6 Å². The molecule has 1 heterocycles. The Morgan fingerprint density at radius 3 is 2.65 bits per heavy atom. The summed E-state index contributed by atoms with van der Waals surface area (Å²) >= 11 is 0. The Morgan fingerprint density at radius 2 is 1.84 bits per heavy atom. The van der Waals surface area contributed by atoms with E-state index in [-0.39, 0.29) is 18.3 Å². The zero-order valence-corrected chi connectivity index (χ0v) is 18.3. The number of ether oxygens (including phenoxy) is 3. The van der Waals surface area contributed by atoms with E-state index in [2.05, 4.69) is 6.92 Å². The molecule has 1 amide bonds. The van der Waals surface area contributed by atoms with E-state index in [0.29, 0.717) is 25.3 Å². The minimum absolute atomic E-state index is 0.0263. The van der Waals surface area contributed by atoms with Crippen LogP contribution in [0.4, 0.5) is 5.69 Å². The fourth-order valence-corrected chi connectivity index (χ4v) is 3.68. The summed E-state index contributed by atoms with van der Waals surface area (Å²) in [4.78, 5) is 26.6. The number of unbranched alkanes of at least 4 members (excludes halogenated alkanes) is 3. The Hall–Kier alpha value is -3.02. The summed E-state index contributed by atoms with van der Waals surface area (Å²) in [7, 11) is 1.36. The smallest absolute Gasteiger partial charge is 0.310 e. The van der Waals surface area contributed by atoms with Crippen LogP contribution in [-0.2, 0) is 20.7 Å². The molecule has 1 aliphatic heterocycles. The summed E-state index contributed by atoms with van der Waals surface area (Å²) in [5.41, 5.74) is 1.60. The molecule has 0 spiro atoms. The third kappa shape index (κ3) is 6.00. The molecule has 1 aliphatic rings. The van der Waals surface area contributed by atoms with Gasteiger partial charge in [0.25, 0.3) is 5.91 Å². The van der Waals surface area contributed by atoms with E-state index in [9.17, 15) is 9.59 Å². The number of esters is 1. The van der Waals surface area contributed by atoms with Gasteiger partial charge in [-0.2, -0.15) is 0 Å². The zero-order valence-electron chi connectivity index (χ0n) is 18.3. The number of nitrogens with zero attached hydrogens (tertiary/aromatic N) is 1. The van der Waals surface area contributed by atoms with Crippen LogP contribution < -0.4 is 14.4 Å². The van der Waals surface area contributed by atoms with Crippen molar-refractivity contribution < 1.29 is 23.8 Å². The highest BCUT2D eigenvalue weighted by Gasteiger charge is 2.33. The topological polar surface area (TPSA) is 65.1 Å². The van der Waals surface area contributed by atoms with E-state index in [4.69, 9.17) is 14.2 Å². The molecule has 0 fully saturated rings. The molecule has 0 bridgehead atoms. The van der Waals surface area contributed by atoms with Crippen molar-refractivity contribution in [3.8, 4) is 11.5 Å². The van der Waals surface area contributed by atoms with Crippen LogP contribution in [0.5, 0.6) is 11.5 Å². The summed E-state index contributed by atoms with van der Waals surface area (Å²) in [5, 5.41) is 0. The second-order valence-electron chi connectivity index (χ2n) is 7.62. The molecule has 3 rings (SSSR count). The SMILES string of the molecule is CCCCCCN1C(=O)C(CCOc2ccccc2CC(=O)OC)Oc2ccccc21. The average Bonchev–Trinajstić information content (AvgIpc) is 2.79. The monoisotopic (exact) mass is 425 g/mol. The predicted octanol–water partition coefficient (Wildman–Crippen LogP) is 4.55. The number of amides is 1. The molecule has 31 heavy (non-hydrogen) atoms. The lowest BCUT2D eigenvalue weighted by atomic mass is 10.1. The number of hydrogen-bond donors (Lipinski definition) is 0. The van der Waals surface area contributed by atoms with Crippen molar-refractivity contribution in [1.82, 2.24) is 0 Å². The maximum absolute atomic E-state index is 13.1. The van der Waals surface area contributed by atoms with Gasteiger partial charge in [0.2, 0.25) is 0 Å². The van der Waals surface area contributed by atoms with Crippen molar-refractivity contribution in [2.45, 2.75) is 51.6 Å². The van der Waals surface area contributed by atoms with Crippen LogP contribution in [0.15, 0.2) is 48.5 Å². The summed E-state index contributed by atoms with van der Waals surface area (Å²) in [6.45, 7) is 3.17. The Kier molecular flexibility index (Phi) is 8.33. The first-order chi connectivity index (χ1) is 15.1. The molecule has 0 saturated heterocycles. The quantitative estimate of drug-likeness (QED) is 0.390. The maximum Gasteiger partial charge on any atom is 0.310 e. The molecule has 2 aromatic carbocycles. The fraction of sp³-hybridized carbons (Fsp3) is 0.440. The van der Waals surface area contributed by atoms with E-state index in [0.717, 1.165) is 36.3 Å². The fourth-order valence-electron chi connectivity index (χ4n) is 3.68. The van der Waals surface area contributed by atoms with Gasteiger partial charge in [0, 0.05) is 18.5 Å². The van der Waals surface area contributed by atoms with E-state index < -0.39 is 6.10 Å². The molecule has 2 aromatic rings. The zero-order chi connectivity index (χ0) is 22.1. The van der Waals surface area contributed by atoms with Crippen molar-refractivity contribution in [3.63, 3.8) is 0 Å². The van der Waals surface area contributed by atoms with Gasteiger partial charge in [0.1, 0.15) is 11.5 Å². The first-order valence-electron chi connectivity index (χ1n) is 11.0. The van der Waals surface area contributed by atoms with Gasteiger partial charge in [0.05, 0.1) is 25.8 Å². The van der Waals surface area contributed by atoms with Gasteiger partial charge < -0.3 is 19.1 Å². The first kappa shape index (κ1) is 22.7. The molecule has 0 N–H and O–H groups in total.